The van der Waals surface area contributed by atoms with Crippen LogP contribution < -0.4 is 19.5 Å². The highest BCUT2D eigenvalue weighted by molar-refractivity contribution is 6.01. The normalized spacial score (nSPS) is 14.0. The first-order valence-corrected chi connectivity index (χ1v) is 11.7. The van der Waals surface area contributed by atoms with E-state index in [1.807, 2.05) is 6.92 Å². The van der Waals surface area contributed by atoms with Crippen LogP contribution in [0.5, 0.6) is 23.0 Å². The van der Waals surface area contributed by atoms with Crippen molar-refractivity contribution in [2.75, 3.05) is 6.54 Å². The van der Waals surface area contributed by atoms with E-state index in [1.165, 1.54) is 32.0 Å². The summed E-state index contributed by atoms with van der Waals surface area (Å²) in [6.45, 7) is 5.03. The Morgan fingerprint density at radius 3 is 1.95 bits per heavy atom. The monoisotopic (exact) mass is 501 g/mol. The topological polar surface area (TPSA) is 117 Å². The molecule has 3 aromatic carbocycles. The molecular formula is C28H23NO8. The van der Waals surface area contributed by atoms with Crippen molar-refractivity contribution in [3.05, 3.63) is 82.4 Å². The first kappa shape index (κ1) is 24.1. The van der Waals surface area contributed by atoms with Crippen LogP contribution in [0.3, 0.4) is 0 Å². The molecular weight excluding hydrogens is 478 g/mol. The quantitative estimate of drug-likeness (QED) is 0.407. The molecule has 9 heteroatoms. The predicted molar refractivity (Wildman–Crippen MR) is 130 cm³/mol. The fourth-order valence-electron chi connectivity index (χ4n) is 4.63. The van der Waals surface area contributed by atoms with Gasteiger partial charge in [0.25, 0.3) is 5.91 Å². The number of hydrogen-bond acceptors (Lipinski definition) is 8. The van der Waals surface area contributed by atoms with E-state index < -0.39 is 23.5 Å². The van der Waals surface area contributed by atoms with Crippen molar-refractivity contribution in [1.82, 2.24) is 5.32 Å². The molecule has 0 saturated heterocycles. The van der Waals surface area contributed by atoms with Gasteiger partial charge >= 0.3 is 17.9 Å². The van der Waals surface area contributed by atoms with E-state index in [2.05, 4.69) is 5.32 Å². The van der Waals surface area contributed by atoms with E-state index in [0.717, 1.165) is 6.42 Å². The second-order valence-corrected chi connectivity index (χ2v) is 8.69. The van der Waals surface area contributed by atoms with Crippen LogP contribution in [0.4, 0.5) is 0 Å². The molecule has 1 spiro atoms. The third-order valence-electron chi connectivity index (χ3n) is 6.07. The smallest absolute Gasteiger partial charge is 0.340 e. The number of esters is 3. The van der Waals surface area contributed by atoms with Gasteiger partial charge in [-0.15, -0.1) is 0 Å². The van der Waals surface area contributed by atoms with Crippen molar-refractivity contribution in [3.8, 4) is 23.0 Å². The van der Waals surface area contributed by atoms with Gasteiger partial charge in [0.15, 0.2) is 5.60 Å². The molecule has 0 fully saturated rings. The van der Waals surface area contributed by atoms with E-state index in [9.17, 15) is 19.2 Å². The summed E-state index contributed by atoms with van der Waals surface area (Å²) in [6, 6.07) is 14.4. The largest absolute Gasteiger partial charge is 0.456 e. The highest BCUT2D eigenvalue weighted by Crippen LogP contribution is 2.57. The summed E-state index contributed by atoms with van der Waals surface area (Å²) >= 11 is 0. The molecule has 1 amide bonds. The Balaban J connectivity index is 1.70. The van der Waals surface area contributed by atoms with Crippen molar-refractivity contribution in [1.29, 1.82) is 0 Å². The molecule has 0 aromatic heterocycles. The number of rotatable bonds is 5. The first-order valence-electron chi connectivity index (χ1n) is 11.7. The number of nitrogens with one attached hydrogen (secondary N) is 1. The summed E-state index contributed by atoms with van der Waals surface area (Å²) in [7, 11) is 0. The molecule has 5 rings (SSSR count). The van der Waals surface area contributed by atoms with Crippen LogP contribution in [0.25, 0.3) is 0 Å². The van der Waals surface area contributed by atoms with Gasteiger partial charge in [0.2, 0.25) is 0 Å². The molecule has 2 aliphatic heterocycles. The highest BCUT2D eigenvalue weighted by Gasteiger charge is 2.53. The number of ether oxygens (including phenoxy) is 4. The van der Waals surface area contributed by atoms with Gasteiger partial charge in [-0.1, -0.05) is 13.0 Å². The standard InChI is InChI=1S/C28H23NO8/c1-4-11-29-26(32)17-5-8-21-20(12-17)27(33)37-28(21)22-9-6-18(34-15(2)30)13-24(22)36-25-14-19(35-16(3)31)7-10-23(25)28/h5-10,12-14H,4,11H2,1-3H3,(H,29,32). The van der Waals surface area contributed by atoms with Crippen molar-refractivity contribution < 1.29 is 38.1 Å². The summed E-state index contributed by atoms with van der Waals surface area (Å²) < 4.78 is 22.7. The van der Waals surface area contributed by atoms with Gasteiger partial charge in [-0.05, 0) is 42.8 Å². The van der Waals surface area contributed by atoms with E-state index >= 15 is 0 Å². The lowest BCUT2D eigenvalue weighted by Crippen LogP contribution is -2.33. The minimum Gasteiger partial charge on any atom is -0.456 e. The molecule has 1 N–H and O–H groups in total. The second kappa shape index (κ2) is 9.09. The highest BCUT2D eigenvalue weighted by atomic mass is 16.6. The van der Waals surface area contributed by atoms with Crippen LogP contribution in [0.2, 0.25) is 0 Å². The number of amides is 1. The van der Waals surface area contributed by atoms with Crippen molar-refractivity contribution in [2.45, 2.75) is 32.8 Å². The van der Waals surface area contributed by atoms with Crippen molar-refractivity contribution in [2.24, 2.45) is 0 Å². The maximum Gasteiger partial charge on any atom is 0.340 e. The van der Waals surface area contributed by atoms with Gasteiger partial charge in [0.1, 0.15) is 23.0 Å². The third kappa shape index (κ3) is 4.08. The summed E-state index contributed by atoms with van der Waals surface area (Å²) in [5, 5.41) is 2.81. The lowest BCUT2D eigenvalue weighted by Gasteiger charge is -2.36. The average molecular weight is 501 g/mol. The zero-order chi connectivity index (χ0) is 26.3. The van der Waals surface area contributed by atoms with Crippen molar-refractivity contribution >= 4 is 23.8 Å². The van der Waals surface area contributed by atoms with Gasteiger partial charge in [-0.25, -0.2) is 4.79 Å². The molecule has 0 aliphatic carbocycles. The minimum atomic E-state index is -1.41. The Hall–Kier alpha value is -4.66. The fraction of sp³-hybridized carbons (Fsp3) is 0.214. The van der Waals surface area contributed by atoms with Crippen LogP contribution >= 0.6 is 0 Å². The van der Waals surface area contributed by atoms with Gasteiger partial charge in [0, 0.05) is 54.8 Å². The molecule has 0 unspecified atom stereocenters. The van der Waals surface area contributed by atoms with Crippen LogP contribution in [-0.4, -0.2) is 30.4 Å². The molecule has 0 bridgehead atoms. The van der Waals surface area contributed by atoms with Crippen LogP contribution in [0.1, 0.15) is 64.6 Å². The Bertz CT molecular complexity index is 1410. The lowest BCUT2D eigenvalue weighted by atomic mass is 9.77. The molecule has 2 heterocycles. The Kier molecular flexibility index (Phi) is 5.91. The summed E-state index contributed by atoms with van der Waals surface area (Å²) in [4.78, 5) is 48.8. The summed E-state index contributed by atoms with van der Waals surface area (Å²) in [5.74, 6) is -0.838. The molecule has 9 nitrogen and oxygen atoms in total. The zero-order valence-electron chi connectivity index (χ0n) is 20.4. The maximum absolute atomic E-state index is 13.2. The number of hydrogen-bond donors (Lipinski definition) is 1. The van der Waals surface area contributed by atoms with E-state index in [4.69, 9.17) is 18.9 Å². The lowest BCUT2D eigenvalue weighted by molar-refractivity contribution is -0.132. The average Bonchev–Trinajstić information content (AvgIpc) is 3.13. The van der Waals surface area contributed by atoms with Crippen molar-refractivity contribution in [3.63, 3.8) is 0 Å². The minimum absolute atomic E-state index is 0.244. The summed E-state index contributed by atoms with van der Waals surface area (Å²) in [6.07, 6.45) is 0.778. The molecule has 0 radical (unpaired) electrons. The SMILES string of the molecule is CCCNC(=O)c1ccc2c(c1)C(=O)OC21c2ccc(OC(C)=O)cc2Oc2cc(OC(C)=O)ccc21. The number of benzene rings is 3. The van der Waals surface area contributed by atoms with E-state index in [1.54, 1.807) is 36.4 Å². The van der Waals surface area contributed by atoms with Gasteiger partial charge < -0.3 is 24.3 Å². The molecule has 2 aliphatic rings. The Morgan fingerprint density at radius 1 is 0.838 bits per heavy atom. The van der Waals surface area contributed by atoms with Crippen LogP contribution in [0, 0.1) is 0 Å². The Morgan fingerprint density at radius 2 is 1.41 bits per heavy atom. The first-order chi connectivity index (χ1) is 17.7. The van der Waals surface area contributed by atoms with Gasteiger partial charge in [-0.3, -0.25) is 14.4 Å². The third-order valence-corrected chi connectivity index (χ3v) is 6.07. The molecule has 188 valence electrons. The second-order valence-electron chi connectivity index (χ2n) is 8.69. The van der Waals surface area contributed by atoms with Crippen LogP contribution in [0.15, 0.2) is 54.6 Å². The van der Waals surface area contributed by atoms with E-state index in [0.29, 0.717) is 28.8 Å². The van der Waals surface area contributed by atoms with E-state index in [-0.39, 0.29) is 34.5 Å². The number of fused-ring (bicyclic) bond motifs is 6. The number of carbonyl (C=O) groups is 4. The predicted octanol–water partition coefficient (Wildman–Crippen LogP) is 4.25. The molecule has 3 aromatic rings. The molecule has 0 atom stereocenters. The Labute approximate surface area is 212 Å². The molecule has 37 heavy (non-hydrogen) atoms. The fourth-order valence-corrected chi connectivity index (χ4v) is 4.63. The van der Waals surface area contributed by atoms with Crippen LogP contribution in [-0.2, 0) is 19.9 Å². The summed E-state index contributed by atoms with van der Waals surface area (Å²) in [5.41, 5.74) is 0.714. The zero-order valence-corrected chi connectivity index (χ0v) is 20.4. The molecule has 0 saturated carbocycles. The maximum atomic E-state index is 13.2. The van der Waals surface area contributed by atoms with Gasteiger partial charge in [-0.2, -0.15) is 0 Å². The number of carbonyl (C=O) groups excluding carboxylic acids is 4. The van der Waals surface area contributed by atoms with Gasteiger partial charge in [0.05, 0.1) is 5.56 Å².